The number of hydrogen-bond donors (Lipinski definition) is 1. The number of rotatable bonds is 3. The Morgan fingerprint density at radius 2 is 2.08 bits per heavy atom. The number of thiazole rings is 1. The van der Waals surface area contributed by atoms with Gasteiger partial charge in [0.25, 0.3) is 5.56 Å². The molecule has 2 aromatic heterocycles. The summed E-state index contributed by atoms with van der Waals surface area (Å²) in [6.07, 6.45) is 1.19. The normalized spacial score (nSPS) is 11.1. The first-order valence-corrected chi connectivity index (χ1v) is 7.92. The molecule has 124 valence electrons. The molecule has 0 amide bonds. The van der Waals surface area contributed by atoms with E-state index in [4.69, 9.17) is 16.7 Å². The van der Waals surface area contributed by atoms with Gasteiger partial charge in [0.15, 0.2) is 0 Å². The van der Waals surface area contributed by atoms with Gasteiger partial charge in [0.2, 0.25) is 0 Å². The number of carbonyl (C=O) groups is 1. The number of benzene rings is 1. The van der Waals surface area contributed by atoms with E-state index >= 15 is 0 Å². The van der Waals surface area contributed by atoms with Gasteiger partial charge in [-0.1, -0.05) is 17.7 Å². The van der Waals surface area contributed by atoms with E-state index in [2.05, 4.69) is 0 Å². The van der Waals surface area contributed by atoms with Crippen molar-refractivity contribution in [3.8, 4) is 0 Å². The van der Waals surface area contributed by atoms with Crippen molar-refractivity contribution in [2.45, 2.75) is 13.5 Å². The Kier molecular flexibility index (Phi) is 4.02. The van der Waals surface area contributed by atoms with Crippen molar-refractivity contribution >= 4 is 33.7 Å². The summed E-state index contributed by atoms with van der Waals surface area (Å²) in [5.41, 5.74) is -0.446. The van der Waals surface area contributed by atoms with Gasteiger partial charge in [0, 0.05) is 11.8 Å². The number of aromatic carboxylic acids is 1. The van der Waals surface area contributed by atoms with Crippen LogP contribution in [0.3, 0.4) is 0 Å². The van der Waals surface area contributed by atoms with Gasteiger partial charge in [-0.2, -0.15) is 0 Å². The van der Waals surface area contributed by atoms with Crippen molar-refractivity contribution in [2.24, 2.45) is 0 Å². The standard InChI is InChI=1S/C15H10ClFN2O4S/c1-7-12(20)18(5-8-2-3-10(17)9(16)4-8)15(23)19-6-11(14(21)22)24-13(7)19/h2-4,6H,5H2,1H3,(H,21,22). The fraction of sp³-hybridized carbons (Fsp3) is 0.133. The van der Waals surface area contributed by atoms with E-state index < -0.39 is 23.0 Å². The minimum absolute atomic E-state index is 0.0443. The number of nitrogens with zero attached hydrogens (tertiary/aromatic N) is 2. The lowest BCUT2D eigenvalue weighted by Gasteiger charge is -2.08. The highest BCUT2D eigenvalue weighted by molar-refractivity contribution is 7.19. The Hall–Kier alpha value is -2.45. The third kappa shape index (κ3) is 2.63. The molecule has 3 rings (SSSR count). The minimum atomic E-state index is -1.17. The first-order valence-electron chi connectivity index (χ1n) is 6.72. The van der Waals surface area contributed by atoms with Crippen LogP contribution in [0, 0.1) is 12.7 Å². The molecule has 0 aliphatic rings. The van der Waals surface area contributed by atoms with Crippen LogP contribution >= 0.6 is 22.9 Å². The minimum Gasteiger partial charge on any atom is -0.477 e. The maximum Gasteiger partial charge on any atom is 0.347 e. The van der Waals surface area contributed by atoms with E-state index in [-0.39, 0.29) is 26.8 Å². The second-order valence-corrected chi connectivity index (χ2v) is 6.56. The van der Waals surface area contributed by atoms with Crippen molar-refractivity contribution in [1.82, 2.24) is 8.97 Å². The van der Waals surface area contributed by atoms with Crippen molar-refractivity contribution in [1.29, 1.82) is 0 Å². The van der Waals surface area contributed by atoms with Crippen molar-refractivity contribution in [3.05, 3.63) is 72.1 Å². The van der Waals surface area contributed by atoms with Gasteiger partial charge in [0.1, 0.15) is 15.5 Å². The largest absolute Gasteiger partial charge is 0.477 e. The van der Waals surface area contributed by atoms with Gasteiger partial charge >= 0.3 is 11.7 Å². The molecule has 6 nitrogen and oxygen atoms in total. The van der Waals surface area contributed by atoms with E-state index in [1.54, 1.807) is 0 Å². The molecule has 0 atom stereocenters. The Balaban J connectivity index is 2.21. The molecule has 0 aliphatic heterocycles. The molecule has 0 bridgehead atoms. The molecule has 0 unspecified atom stereocenters. The third-order valence-corrected chi connectivity index (χ3v) is 5.02. The number of carboxylic acid groups (broad SMARTS) is 1. The van der Waals surface area contributed by atoms with Crippen molar-refractivity contribution in [2.75, 3.05) is 0 Å². The first kappa shape index (κ1) is 16.4. The maximum atomic E-state index is 13.2. The fourth-order valence-electron chi connectivity index (χ4n) is 2.32. The third-order valence-electron chi connectivity index (χ3n) is 3.53. The SMILES string of the molecule is Cc1c(=O)n(Cc2ccc(F)c(Cl)c2)c(=O)n2cc(C(=O)O)sc12. The molecule has 0 spiro atoms. The van der Waals surface area contributed by atoms with E-state index in [0.29, 0.717) is 5.56 Å². The lowest BCUT2D eigenvalue weighted by molar-refractivity contribution is 0.0701. The molecular weight excluding hydrogens is 359 g/mol. The van der Waals surface area contributed by atoms with Crippen LogP contribution in [0.2, 0.25) is 5.02 Å². The molecule has 0 saturated heterocycles. The highest BCUT2D eigenvalue weighted by atomic mass is 35.5. The second-order valence-electron chi connectivity index (χ2n) is 5.12. The molecule has 3 aromatic rings. The Labute approximate surface area is 143 Å². The van der Waals surface area contributed by atoms with Crippen molar-refractivity contribution < 1.29 is 14.3 Å². The van der Waals surface area contributed by atoms with E-state index in [9.17, 15) is 18.8 Å². The Morgan fingerprint density at radius 1 is 1.38 bits per heavy atom. The highest BCUT2D eigenvalue weighted by Gasteiger charge is 2.17. The number of aryl methyl sites for hydroxylation is 1. The van der Waals surface area contributed by atoms with Crippen LogP contribution in [0.15, 0.2) is 34.0 Å². The summed E-state index contributed by atoms with van der Waals surface area (Å²) in [5, 5.41) is 8.95. The Bertz CT molecular complexity index is 1100. The maximum absolute atomic E-state index is 13.2. The van der Waals surface area contributed by atoms with Crippen molar-refractivity contribution in [3.63, 3.8) is 0 Å². The molecule has 0 saturated carbocycles. The molecular formula is C15H10ClFN2O4S. The number of hydrogen-bond acceptors (Lipinski definition) is 4. The molecule has 1 N–H and O–H groups in total. The second kappa shape index (κ2) is 5.88. The predicted molar refractivity (Wildman–Crippen MR) is 88.0 cm³/mol. The lowest BCUT2D eigenvalue weighted by atomic mass is 10.2. The quantitative estimate of drug-likeness (QED) is 0.769. The van der Waals surface area contributed by atoms with Gasteiger partial charge in [-0.15, -0.1) is 11.3 Å². The molecule has 0 fully saturated rings. The average molecular weight is 369 g/mol. The van der Waals surface area contributed by atoms with E-state index in [0.717, 1.165) is 26.4 Å². The van der Waals surface area contributed by atoms with Crippen LogP contribution < -0.4 is 11.2 Å². The number of aromatic nitrogens is 2. The predicted octanol–water partition coefficient (Wildman–Crippen LogP) is 2.37. The molecule has 0 radical (unpaired) electrons. The zero-order chi connectivity index (χ0) is 17.6. The first-order chi connectivity index (χ1) is 11.3. The molecule has 24 heavy (non-hydrogen) atoms. The van der Waals surface area contributed by atoms with Crippen LogP contribution in [0.25, 0.3) is 4.83 Å². The van der Waals surface area contributed by atoms with Gasteiger partial charge in [-0.05, 0) is 24.6 Å². The molecule has 9 heteroatoms. The van der Waals surface area contributed by atoms with Gasteiger partial charge < -0.3 is 5.11 Å². The fourth-order valence-corrected chi connectivity index (χ4v) is 3.45. The zero-order valence-electron chi connectivity index (χ0n) is 12.2. The summed E-state index contributed by atoms with van der Waals surface area (Å²) in [7, 11) is 0. The topological polar surface area (TPSA) is 80.8 Å². The van der Waals surface area contributed by atoms with Crippen LogP contribution in [0.5, 0.6) is 0 Å². The summed E-state index contributed by atoms with van der Waals surface area (Å²) >= 11 is 6.57. The van der Waals surface area contributed by atoms with Gasteiger partial charge in [-0.25, -0.2) is 14.0 Å². The van der Waals surface area contributed by atoms with Gasteiger partial charge in [0.05, 0.1) is 11.6 Å². The Morgan fingerprint density at radius 3 is 2.71 bits per heavy atom. The van der Waals surface area contributed by atoms with Crippen LogP contribution in [-0.4, -0.2) is 20.0 Å². The molecule has 0 aliphatic carbocycles. The van der Waals surface area contributed by atoms with E-state index in [1.807, 2.05) is 0 Å². The summed E-state index contributed by atoms with van der Waals surface area (Å²) in [6.45, 7) is 1.42. The summed E-state index contributed by atoms with van der Waals surface area (Å²) in [4.78, 5) is 36.3. The smallest absolute Gasteiger partial charge is 0.347 e. The zero-order valence-corrected chi connectivity index (χ0v) is 13.8. The van der Waals surface area contributed by atoms with Gasteiger partial charge in [-0.3, -0.25) is 13.8 Å². The van der Waals surface area contributed by atoms with Crippen LogP contribution in [0.1, 0.15) is 20.8 Å². The van der Waals surface area contributed by atoms with Crippen LogP contribution in [-0.2, 0) is 6.54 Å². The molecule has 1 aromatic carbocycles. The summed E-state index contributed by atoms with van der Waals surface area (Å²) < 4.78 is 15.3. The summed E-state index contributed by atoms with van der Waals surface area (Å²) in [6, 6.07) is 3.91. The summed E-state index contributed by atoms with van der Waals surface area (Å²) in [5.74, 6) is -1.77. The van der Waals surface area contributed by atoms with E-state index in [1.165, 1.54) is 25.3 Å². The number of fused-ring (bicyclic) bond motifs is 1. The van der Waals surface area contributed by atoms with Crippen LogP contribution in [0.4, 0.5) is 4.39 Å². The number of carboxylic acids is 1. The number of halogens is 2. The molecule has 2 heterocycles. The lowest BCUT2D eigenvalue weighted by Crippen LogP contribution is -2.38. The highest BCUT2D eigenvalue weighted by Crippen LogP contribution is 2.19. The average Bonchev–Trinajstić information content (AvgIpc) is 2.99. The monoisotopic (exact) mass is 368 g/mol.